The van der Waals surface area contributed by atoms with E-state index in [0.29, 0.717) is 25.7 Å². The maximum absolute atomic E-state index is 13.0. The second kappa shape index (κ2) is 61.6. The molecule has 3 N–H and O–H groups in total. The fraction of sp³-hybridized carbons (Fsp3) is 0.941. The average molecular weight is 1280 g/mol. The van der Waals surface area contributed by atoms with Crippen LogP contribution >= 0.6 is 15.6 Å². The van der Waals surface area contributed by atoms with E-state index in [-0.39, 0.29) is 25.7 Å². The van der Waals surface area contributed by atoms with E-state index in [1.807, 2.05) is 0 Å². The van der Waals surface area contributed by atoms with Gasteiger partial charge in [-0.3, -0.25) is 37.3 Å². The number of hydrogen-bond acceptors (Lipinski definition) is 15. The average Bonchev–Trinajstić information content (AvgIpc) is 3.51. The van der Waals surface area contributed by atoms with Crippen molar-refractivity contribution >= 4 is 39.5 Å². The van der Waals surface area contributed by atoms with Crippen molar-refractivity contribution in [3.8, 4) is 0 Å². The molecule has 0 radical (unpaired) electrons. The van der Waals surface area contributed by atoms with Gasteiger partial charge >= 0.3 is 39.5 Å². The molecule has 0 aromatic heterocycles. The van der Waals surface area contributed by atoms with Crippen LogP contribution in [-0.4, -0.2) is 96.7 Å². The van der Waals surface area contributed by atoms with Crippen molar-refractivity contribution in [1.82, 2.24) is 0 Å². The molecule has 19 heteroatoms. The van der Waals surface area contributed by atoms with Gasteiger partial charge in [-0.15, -0.1) is 0 Å². The third-order valence-electron chi connectivity index (χ3n) is 15.8. The topological polar surface area (TPSA) is 237 Å². The van der Waals surface area contributed by atoms with Gasteiger partial charge in [-0.25, -0.2) is 9.13 Å². The van der Waals surface area contributed by atoms with Crippen molar-refractivity contribution in [3.63, 3.8) is 0 Å². The summed E-state index contributed by atoms with van der Waals surface area (Å²) in [6.45, 7) is 7.17. The summed E-state index contributed by atoms with van der Waals surface area (Å²) in [5, 5.41) is 10.5. The standard InChI is InChI=1S/C68H132O17P2/c1-6-9-12-15-17-19-21-29-33-37-42-47-52-66(71)79-58-64(85-68(73)54-49-44-39-35-31-27-25-23-24-26-28-32-36-41-45-50-61(4)5)60-83-87(76,77)81-56-62(69)55-80-86(74,75)82-59-63(57-78-65(70)51-46-40-14-11-8-3)84-67(72)53-48-43-38-34-30-22-20-18-16-13-10-7-2/h61-64,69H,6-60H2,1-5H3,(H,74,75)(H,76,77)/t62-,63+,64+/m0/s1. The van der Waals surface area contributed by atoms with Gasteiger partial charge in [0.15, 0.2) is 12.2 Å². The van der Waals surface area contributed by atoms with E-state index in [4.69, 9.17) is 37.0 Å². The monoisotopic (exact) mass is 1280 g/mol. The normalized spacial score (nSPS) is 14.1. The fourth-order valence-corrected chi connectivity index (χ4v) is 11.9. The molecule has 0 bridgehead atoms. The van der Waals surface area contributed by atoms with Crippen LogP contribution in [0.25, 0.3) is 0 Å². The molecule has 0 aliphatic heterocycles. The van der Waals surface area contributed by atoms with Crippen LogP contribution in [0.15, 0.2) is 0 Å². The molecule has 0 aliphatic rings. The SMILES string of the molecule is CCCCCCCCCCCCCCC(=O)OC[C@H](COP(=O)(O)OC[C@@H](O)COP(=O)(O)OC[C@@H](COC(=O)CCCCCCC)OC(=O)CCCCCCCCCCCCCC)OC(=O)CCCCCCCCCCCCCCCCCC(C)C. The van der Waals surface area contributed by atoms with Gasteiger partial charge < -0.3 is 33.8 Å². The summed E-state index contributed by atoms with van der Waals surface area (Å²) in [5.41, 5.74) is 0. The third kappa shape index (κ3) is 62.6. The number of esters is 4. The number of carbonyl (C=O) groups is 4. The van der Waals surface area contributed by atoms with Crippen LogP contribution in [0.5, 0.6) is 0 Å². The first-order chi connectivity index (χ1) is 42.0. The molecule has 0 amide bonds. The molecule has 0 aromatic rings. The lowest BCUT2D eigenvalue weighted by Gasteiger charge is -2.21. The van der Waals surface area contributed by atoms with Gasteiger partial charge in [-0.1, -0.05) is 298 Å². The molecule has 0 heterocycles. The summed E-state index contributed by atoms with van der Waals surface area (Å²) < 4.78 is 68.0. The van der Waals surface area contributed by atoms with E-state index >= 15 is 0 Å². The van der Waals surface area contributed by atoms with Crippen molar-refractivity contribution in [2.24, 2.45) is 5.92 Å². The quantitative estimate of drug-likeness (QED) is 0.0222. The highest BCUT2D eigenvalue weighted by Gasteiger charge is 2.30. The van der Waals surface area contributed by atoms with Crippen molar-refractivity contribution in [2.45, 2.75) is 368 Å². The Morgan fingerprint density at radius 1 is 0.310 bits per heavy atom. The second-order valence-corrected chi connectivity index (χ2v) is 27.9. The lowest BCUT2D eigenvalue weighted by Crippen LogP contribution is -2.30. The van der Waals surface area contributed by atoms with E-state index in [1.54, 1.807) is 0 Å². The van der Waals surface area contributed by atoms with E-state index in [9.17, 15) is 43.2 Å². The van der Waals surface area contributed by atoms with Crippen LogP contribution in [-0.2, 0) is 65.4 Å². The number of hydrogen-bond donors (Lipinski definition) is 3. The highest BCUT2D eigenvalue weighted by atomic mass is 31.2. The smallest absolute Gasteiger partial charge is 0.462 e. The summed E-state index contributed by atoms with van der Waals surface area (Å²) in [4.78, 5) is 72.2. The zero-order chi connectivity index (χ0) is 64.2. The highest BCUT2D eigenvalue weighted by molar-refractivity contribution is 7.47. The molecule has 2 unspecified atom stereocenters. The van der Waals surface area contributed by atoms with Crippen molar-refractivity contribution < 1.29 is 80.2 Å². The van der Waals surface area contributed by atoms with Gasteiger partial charge in [-0.2, -0.15) is 0 Å². The van der Waals surface area contributed by atoms with E-state index in [2.05, 4.69) is 34.6 Å². The number of aliphatic hydroxyl groups excluding tert-OH is 1. The Bertz CT molecular complexity index is 1690. The summed E-state index contributed by atoms with van der Waals surface area (Å²) in [6.07, 6.45) is 47.5. The van der Waals surface area contributed by atoms with Crippen molar-refractivity contribution in [2.75, 3.05) is 39.6 Å². The van der Waals surface area contributed by atoms with Crippen molar-refractivity contribution in [1.29, 1.82) is 0 Å². The van der Waals surface area contributed by atoms with Crippen LogP contribution in [0.3, 0.4) is 0 Å². The van der Waals surface area contributed by atoms with Gasteiger partial charge in [0, 0.05) is 25.7 Å². The first kappa shape index (κ1) is 85.1. The minimum absolute atomic E-state index is 0.107. The predicted molar refractivity (Wildman–Crippen MR) is 349 cm³/mol. The Labute approximate surface area is 530 Å². The lowest BCUT2D eigenvalue weighted by molar-refractivity contribution is -0.161. The zero-order valence-corrected chi connectivity index (χ0v) is 57.9. The minimum Gasteiger partial charge on any atom is -0.462 e. The van der Waals surface area contributed by atoms with Gasteiger partial charge in [-0.05, 0) is 31.6 Å². The van der Waals surface area contributed by atoms with E-state index in [0.717, 1.165) is 102 Å². The second-order valence-electron chi connectivity index (χ2n) is 25.0. The van der Waals surface area contributed by atoms with Gasteiger partial charge in [0.2, 0.25) is 0 Å². The number of ether oxygens (including phenoxy) is 4. The van der Waals surface area contributed by atoms with Crippen molar-refractivity contribution in [3.05, 3.63) is 0 Å². The molecule has 0 aliphatic carbocycles. The molecule has 17 nitrogen and oxygen atoms in total. The molecule has 0 aromatic carbocycles. The molecule has 5 atom stereocenters. The zero-order valence-electron chi connectivity index (χ0n) is 56.2. The minimum atomic E-state index is -4.95. The molecule has 0 rings (SSSR count). The summed E-state index contributed by atoms with van der Waals surface area (Å²) in [7, 11) is -9.88. The van der Waals surface area contributed by atoms with Crippen LogP contribution in [0, 0.1) is 5.92 Å². The summed E-state index contributed by atoms with van der Waals surface area (Å²) in [5.74, 6) is -1.33. The molecular weight excluding hydrogens is 1150 g/mol. The Morgan fingerprint density at radius 2 is 0.529 bits per heavy atom. The lowest BCUT2D eigenvalue weighted by atomic mass is 10.0. The summed E-state index contributed by atoms with van der Waals surface area (Å²) >= 11 is 0. The highest BCUT2D eigenvalue weighted by Crippen LogP contribution is 2.45. The van der Waals surface area contributed by atoms with E-state index in [1.165, 1.54) is 167 Å². The van der Waals surface area contributed by atoms with Gasteiger partial charge in [0.1, 0.15) is 19.3 Å². The molecule has 0 spiro atoms. The predicted octanol–water partition coefficient (Wildman–Crippen LogP) is 19.4. The number of rotatable bonds is 68. The molecular formula is C68H132O17P2. The number of unbranched alkanes of at least 4 members (excludes halogenated alkanes) is 40. The maximum Gasteiger partial charge on any atom is 0.472 e. The Hall–Kier alpha value is -1.94. The largest absolute Gasteiger partial charge is 0.472 e. The Kier molecular flexibility index (Phi) is 60.2. The number of aliphatic hydroxyl groups is 1. The van der Waals surface area contributed by atoms with Crippen LogP contribution in [0.1, 0.15) is 349 Å². The first-order valence-corrected chi connectivity index (χ1v) is 38.6. The maximum atomic E-state index is 13.0. The molecule has 516 valence electrons. The van der Waals surface area contributed by atoms with Gasteiger partial charge in [0.05, 0.1) is 26.4 Å². The molecule has 87 heavy (non-hydrogen) atoms. The molecule has 0 saturated heterocycles. The molecule has 0 fully saturated rings. The van der Waals surface area contributed by atoms with Crippen LogP contribution in [0.4, 0.5) is 0 Å². The first-order valence-electron chi connectivity index (χ1n) is 35.6. The summed E-state index contributed by atoms with van der Waals surface area (Å²) in [6, 6.07) is 0. The number of phosphoric ester groups is 2. The molecule has 0 saturated carbocycles. The number of phosphoric acid groups is 2. The van der Waals surface area contributed by atoms with Crippen LogP contribution < -0.4 is 0 Å². The van der Waals surface area contributed by atoms with E-state index < -0.39 is 97.5 Å². The third-order valence-corrected chi connectivity index (χ3v) is 17.7. The van der Waals surface area contributed by atoms with Crippen LogP contribution in [0.2, 0.25) is 0 Å². The van der Waals surface area contributed by atoms with Gasteiger partial charge in [0.25, 0.3) is 0 Å². The Balaban J connectivity index is 5.14. The fourth-order valence-electron chi connectivity index (χ4n) is 10.3. The number of carbonyl (C=O) groups excluding carboxylic acids is 4. The Morgan fingerprint density at radius 3 is 0.782 bits per heavy atom.